The van der Waals surface area contributed by atoms with Crippen LogP contribution in [0.2, 0.25) is 5.02 Å². The summed E-state index contributed by atoms with van der Waals surface area (Å²) in [5.74, 6) is 0.688. The van der Waals surface area contributed by atoms with E-state index in [0.717, 1.165) is 16.7 Å². The van der Waals surface area contributed by atoms with Crippen molar-refractivity contribution in [2.75, 3.05) is 5.73 Å². The lowest BCUT2D eigenvalue weighted by Crippen LogP contribution is -1.89. The third-order valence-electron chi connectivity index (χ3n) is 2.49. The lowest BCUT2D eigenvalue weighted by atomic mass is 10.3. The van der Waals surface area contributed by atoms with Crippen molar-refractivity contribution >= 4 is 28.3 Å². The van der Waals surface area contributed by atoms with Gasteiger partial charge >= 0.3 is 0 Å². The van der Waals surface area contributed by atoms with E-state index in [9.17, 15) is 0 Å². The first-order chi connectivity index (χ1) is 8.24. The minimum absolute atomic E-state index is 0.625. The molecule has 0 atom stereocenters. The Hall–Kier alpha value is -2.07. The van der Waals surface area contributed by atoms with Crippen LogP contribution in [0.25, 0.3) is 22.6 Å². The summed E-state index contributed by atoms with van der Waals surface area (Å²) in [5, 5.41) is 0.625. The predicted molar refractivity (Wildman–Crippen MR) is 68.7 cm³/mol. The largest absolute Gasteiger partial charge is 0.397 e. The SMILES string of the molecule is Nc1ccc(-c2nc3c(Cl)cccc3[nH]2)nc1. The molecule has 0 unspecified atom stereocenters. The minimum atomic E-state index is 0.625. The smallest absolute Gasteiger partial charge is 0.157 e. The number of aromatic amines is 1. The molecule has 0 saturated carbocycles. The van der Waals surface area contributed by atoms with Gasteiger partial charge in [0.1, 0.15) is 11.2 Å². The fourth-order valence-electron chi connectivity index (χ4n) is 1.66. The van der Waals surface area contributed by atoms with Gasteiger partial charge in [0.15, 0.2) is 5.82 Å². The number of rotatable bonds is 1. The number of nitrogens with two attached hydrogens (primary N) is 1. The molecule has 2 aromatic heterocycles. The van der Waals surface area contributed by atoms with Gasteiger partial charge in [-0.1, -0.05) is 17.7 Å². The number of H-pyrrole nitrogens is 1. The van der Waals surface area contributed by atoms with Crippen molar-refractivity contribution in [3.05, 3.63) is 41.6 Å². The van der Waals surface area contributed by atoms with Gasteiger partial charge in [0.25, 0.3) is 0 Å². The highest BCUT2D eigenvalue weighted by Gasteiger charge is 2.08. The summed E-state index contributed by atoms with van der Waals surface area (Å²) < 4.78 is 0. The maximum atomic E-state index is 6.06. The average Bonchev–Trinajstić information content (AvgIpc) is 2.75. The number of hydrogen-bond donors (Lipinski definition) is 2. The average molecular weight is 245 g/mol. The standard InChI is InChI=1S/C12H9ClN4/c13-8-2-1-3-9-11(8)17-12(16-9)10-5-4-7(14)6-15-10/h1-6H,14H2,(H,16,17). The molecule has 0 saturated heterocycles. The van der Waals surface area contributed by atoms with Crippen molar-refractivity contribution in [3.63, 3.8) is 0 Å². The third kappa shape index (κ3) is 1.72. The topological polar surface area (TPSA) is 67.6 Å². The Morgan fingerprint density at radius 1 is 1.18 bits per heavy atom. The second-order valence-electron chi connectivity index (χ2n) is 3.70. The molecule has 0 spiro atoms. The maximum Gasteiger partial charge on any atom is 0.157 e. The Labute approximate surface area is 102 Å². The Morgan fingerprint density at radius 3 is 2.76 bits per heavy atom. The van der Waals surface area contributed by atoms with E-state index < -0.39 is 0 Å². The molecule has 0 aliphatic carbocycles. The van der Waals surface area contributed by atoms with Crippen LogP contribution in [0, 0.1) is 0 Å². The Morgan fingerprint density at radius 2 is 2.06 bits per heavy atom. The summed E-state index contributed by atoms with van der Waals surface area (Å²) in [6.45, 7) is 0. The zero-order valence-corrected chi connectivity index (χ0v) is 9.57. The number of nitrogens with zero attached hydrogens (tertiary/aromatic N) is 2. The summed E-state index contributed by atoms with van der Waals surface area (Å²) in [6.07, 6.45) is 1.60. The van der Waals surface area contributed by atoms with E-state index >= 15 is 0 Å². The quantitative estimate of drug-likeness (QED) is 0.692. The van der Waals surface area contributed by atoms with E-state index in [4.69, 9.17) is 17.3 Å². The fraction of sp³-hybridized carbons (Fsp3) is 0. The molecule has 0 bridgehead atoms. The van der Waals surface area contributed by atoms with Gasteiger partial charge in [-0.05, 0) is 24.3 Å². The number of pyridine rings is 1. The molecule has 3 aromatic rings. The Balaban J connectivity index is 2.18. The van der Waals surface area contributed by atoms with Gasteiger partial charge in [-0.15, -0.1) is 0 Å². The molecule has 0 radical (unpaired) electrons. The third-order valence-corrected chi connectivity index (χ3v) is 2.80. The van der Waals surface area contributed by atoms with Crippen molar-refractivity contribution in [1.29, 1.82) is 0 Å². The molecule has 0 fully saturated rings. The zero-order valence-electron chi connectivity index (χ0n) is 8.81. The lowest BCUT2D eigenvalue weighted by Gasteiger charge is -1.95. The van der Waals surface area contributed by atoms with Gasteiger partial charge in [-0.25, -0.2) is 4.98 Å². The molecule has 84 valence electrons. The molecule has 0 aliphatic rings. The molecule has 1 aromatic carbocycles. The van der Waals surface area contributed by atoms with Gasteiger partial charge in [0.2, 0.25) is 0 Å². The first-order valence-electron chi connectivity index (χ1n) is 5.10. The zero-order chi connectivity index (χ0) is 11.8. The predicted octanol–water partition coefficient (Wildman–Crippen LogP) is 2.86. The number of aromatic nitrogens is 3. The molecular formula is C12H9ClN4. The van der Waals surface area contributed by atoms with Crippen LogP contribution in [-0.2, 0) is 0 Å². The van der Waals surface area contributed by atoms with Gasteiger partial charge in [-0.2, -0.15) is 0 Å². The number of fused-ring (bicyclic) bond motifs is 1. The normalized spacial score (nSPS) is 10.9. The first kappa shape index (κ1) is 10.1. The van der Waals surface area contributed by atoms with Gasteiger partial charge in [0.05, 0.1) is 22.4 Å². The number of nitrogen functional groups attached to an aromatic ring is 1. The first-order valence-corrected chi connectivity index (χ1v) is 5.48. The van der Waals surface area contributed by atoms with Crippen LogP contribution in [0.5, 0.6) is 0 Å². The summed E-state index contributed by atoms with van der Waals surface area (Å²) in [6, 6.07) is 9.22. The van der Waals surface area contributed by atoms with Gasteiger partial charge < -0.3 is 10.7 Å². The van der Waals surface area contributed by atoms with Crippen LogP contribution in [0.15, 0.2) is 36.5 Å². The van der Waals surface area contributed by atoms with Gasteiger partial charge in [0, 0.05) is 0 Å². The van der Waals surface area contributed by atoms with Crippen molar-refractivity contribution < 1.29 is 0 Å². The van der Waals surface area contributed by atoms with E-state index in [0.29, 0.717) is 16.5 Å². The number of nitrogens with one attached hydrogen (secondary N) is 1. The molecule has 3 rings (SSSR count). The maximum absolute atomic E-state index is 6.06. The highest BCUT2D eigenvalue weighted by molar-refractivity contribution is 6.34. The van der Waals surface area contributed by atoms with E-state index in [2.05, 4.69) is 15.0 Å². The van der Waals surface area contributed by atoms with Crippen LogP contribution in [0.1, 0.15) is 0 Å². The molecule has 2 heterocycles. The fourth-order valence-corrected chi connectivity index (χ4v) is 1.88. The van der Waals surface area contributed by atoms with Crippen LogP contribution in [0.3, 0.4) is 0 Å². The van der Waals surface area contributed by atoms with Crippen LogP contribution < -0.4 is 5.73 Å². The molecule has 5 heteroatoms. The summed E-state index contributed by atoms with van der Waals surface area (Å²) in [7, 11) is 0. The summed E-state index contributed by atoms with van der Waals surface area (Å²) in [4.78, 5) is 11.8. The lowest BCUT2D eigenvalue weighted by molar-refractivity contribution is 1.24. The molecule has 3 N–H and O–H groups in total. The second kappa shape index (κ2) is 3.75. The second-order valence-corrected chi connectivity index (χ2v) is 4.11. The van der Waals surface area contributed by atoms with Crippen LogP contribution >= 0.6 is 11.6 Å². The highest BCUT2D eigenvalue weighted by Crippen LogP contribution is 2.24. The van der Waals surface area contributed by atoms with Gasteiger partial charge in [-0.3, -0.25) is 4.98 Å². The van der Waals surface area contributed by atoms with Crippen LogP contribution in [0.4, 0.5) is 5.69 Å². The van der Waals surface area contributed by atoms with Crippen molar-refractivity contribution in [2.24, 2.45) is 0 Å². The number of halogens is 1. The van der Waals surface area contributed by atoms with E-state index in [-0.39, 0.29) is 0 Å². The minimum Gasteiger partial charge on any atom is -0.397 e. The number of para-hydroxylation sites is 1. The number of imidazole rings is 1. The van der Waals surface area contributed by atoms with E-state index in [1.807, 2.05) is 24.3 Å². The van der Waals surface area contributed by atoms with Crippen molar-refractivity contribution in [2.45, 2.75) is 0 Å². The summed E-state index contributed by atoms with van der Waals surface area (Å²) >= 11 is 6.06. The number of hydrogen-bond acceptors (Lipinski definition) is 3. The Kier molecular flexibility index (Phi) is 2.23. The van der Waals surface area contributed by atoms with Crippen molar-refractivity contribution in [3.8, 4) is 11.5 Å². The monoisotopic (exact) mass is 244 g/mol. The van der Waals surface area contributed by atoms with E-state index in [1.54, 1.807) is 12.3 Å². The summed E-state index contributed by atoms with van der Waals surface area (Å²) in [5.41, 5.74) is 8.61. The molecule has 4 nitrogen and oxygen atoms in total. The van der Waals surface area contributed by atoms with E-state index in [1.165, 1.54) is 0 Å². The number of anilines is 1. The Bertz CT molecular complexity index is 673. The molecule has 0 amide bonds. The molecular weight excluding hydrogens is 236 g/mol. The van der Waals surface area contributed by atoms with Crippen LogP contribution in [-0.4, -0.2) is 15.0 Å². The molecule has 0 aliphatic heterocycles. The highest BCUT2D eigenvalue weighted by atomic mass is 35.5. The van der Waals surface area contributed by atoms with Crippen molar-refractivity contribution in [1.82, 2.24) is 15.0 Å². The molecule has 17 heavy (non-hydrogen) atoms. The number of benzene rings is 1.